The van der Waals surface area contributed by atoms with Gasteiger partial charge in [-0.05, 0) is 25.8 Å². The highest BCUT2D eigenvalue weighted by Crippen LogP contribution is 2.18. The lowest BCUT2D eigenvalue weighted by atomic mass is 10.1. The number of hydrogen-bond acceptors (Lipinski definition) is 4. The van der Waals surface area contributed by atoms with E-state index in [9.17, 15) is 4.39 Å². The second-order valence-corrected chi connectivity index (χ2v) is 5.33. The largest absolute Gasteiger partial charge is 0.379 e. The van der Waals surface area contributed by atoms with Gasteiger partial charge >= 0.3 is 0 Å². The molecular weight excluding hydrogens is 287 g/mol. The number of hydrogen-bond donors (Lipinski definition) is 0. The van der Waals surface area contributed by atoms with Gasteiger partial charge in [-0.1, -0.05) is 18.2 Å². The Balaban J connectivity index is 1.58. The number of ether oxygens (including phenoxy) is 4. The predicted octanol–water partition coefficient (Wildman–Crippen LogP) is 2.94. The second kappa shape index (κ2) is 9.90. The van der Waals surface area contributed by atoms with E-state index in [1.165, 1.54) is 6.07 Å². The molecule has 0 saturated carbocycles. The Morgan fingerprint density at radius 2 is 2.00 bits per heavy atom. The molecule has 0 N–H and O–H groups in total. The summed E-state index contributed by atoms with van der Waals surface area (Å²) in [5.41, 5.74) is 0.587. The summed E-state index contributed by atoms with van der Waals surface area (Å²) in [6.45, 7) is 5.31. The van der Waals surface area contributed by atoms with E-state index in [1.807, 2.05) is 13.0 Å². The average Bonchev–Trinajstić information content (AvgIpc) is 2.55. The van der Waals surface area contributed by atoms with E-state index in [0.29, 0.717) is 38.6 Å². The molecule has 0 amide bonds. The third-order valence-electron chi connectivity index (χ3n) is 3.64. The zero-order valence-corrected chi connectivity index (χ0v) is 13.1. The molecule has 0 aliphatic carbocycles. The van der Waals surface area contributed by atoms with Crippen molar-refractivity contribution in [2.24, 2.45) is 0 Å². The Labute approximate surface area is 131 Å². The summed E-state index contributed by atoms with van der Waals surface area (Å²) in [6.07, 6.45) is 1.96. The molecule has 1 aliphatic heterocycles. The van der Waals surface area contributed by atoms with Crippen LogP contribution in [-0.4, -0.2) is 45.2 Å². The van der Waals surface area contributed by atoms with Crippen molar-refractivity contribution in [3.05, 3.63) is 35.6 Å². The molecule has 0 radical (unpaired) electrons. The van der Waals surface area contributed by atoms with Crippen molar-refractivity contribution in [1.29, 1.82) is 0 Å². The van der Waals surface area contributed by atoms with Crippen molar-refractivity contribution in [3.63, 3.8) is 0 Å². The van der Waals surface area contributed by atoms with Crippen LogP contribution < -0.4 is 0 Å². The summed E-state index contributed by atoms with van der Waals surface area (Å²) in [4.78, 5) is 0. The Morgan fingerprint density at radius 3 is 2.73 bits per heavy atom. The minimum atomic E-state index is -0.222. The fraction of sp³-hybridized carbons (Fsp3) is 0.647. The lowest BCUT2D eigenvalue weighted by Crippen LogP contribution is -2.34. The molecule has 0 bridgehead atoms. The third-order valence-corrected chi connectivity index (χ3v) is 3.64. The molecule has 2 atom stereocenters. The third kappa shape index (κ3) is 6.01. The minimum Gasteiger partial charge on any atom is -0.379 e. The van der Waals surface area contributed by atoms with Gasteiger partial charge in [0.2, 0.25) is 0 Å². The Hall–Kier alpha value is -1.01. The van der Waals surface area contributed by atoms with Crippen LogP contribution in [0, 0.1) is 5.82 Å². The molecule has 0 spiro atoms. The molecule has 124 valence electrons. The van der Waals surface area contributed by atoms with E-state index >= 15 is 0 Å². The fourth-order valence-corrected chi connectivity index (χ4v) is 2.34. The average molecular weight is 312 g/mol. The molecular formula is C17H25FO4. The molecule has 1 aromatic carbocycles. The lowest BCUT2D eigenvalue weighted by molar-refractivity contribution is -0.113. The maximum Gasteiger partial charge on any atom is 0.128 e. The molecule has 2 rings (SSSR count). The van der Waals surface area contributed by atoms with E-state index in [4.69, 9.17) is 18.9 Å². The number of rotatable bonds is 9. The van der Waals surface area contributed by atoms with Gasteiger partial charge in [-0.3, -0.25) is 0 Å². The van der Waals surface area contributed by atoms with Crippen molar-refractivity contribution >= 4 is 0 Å². The summed E-state index contributed by atoms with van der Waals surface area (Å²) in [5, 5.41) is 0. The maximum absolute atomic E-state index is 13.5. The highest BCUT2D eigenvalue weighted by atomic mass is 19.1. The van der Waals surface area contributed by atoms with Gasteiger partial charge in [0.25, 0.3) is 0 Å². The molecule has 0 aromatic heterocycles. The second-order valence-electron chi connectivity index (χ2n) is 5.33. The van der Waals surface area contributed by atoms with Crippen LogP contribution in [-0.2, 0) is 25.6 Å². The van der Waals surface area contributed by atoms with Crippen LogP contribution >= 0.6 is 0 Å². The van der Waals surface area contributed by atoms with Gasteiger partial charge in [0.05, 0.1) is 45.2 Å². The molecule has 22 heavy (non-hydrogen) atoms. The summed E-state index contributed by atoms with van der Waals surface area (Å²) in [7, 11) is 0. The SMILES string of the molecule is CCOCCOCC1CCC(OCc2ccccc2F)CO1. The van der Waals surface area contributed by atoms with Crippen LogP contribution in [0.2, 0.25) is 0 Å². The van der Waals surface area contributed by atoms with Gasteiger partial charge in [0.1, 0.15) is 5.82 Å². The Morgan fingerprint density at radius 1 is 1.18 bits per heavy atom. The van der Waals surface area contributed by atoms with Gasteiger partial charge in [-0.2, -0.15) is 0 Å². The van der Waals surface area contributed by atoms with Gasteiger partial charge in [0.15, 0.2) is 0 Å². The first-order chi connectivity index (χ1) is 10.8. The van der Waals surface area contributed by atoms with E-state index in [2.05, 4.69) is 0 Å². The zero-order valence-electron chi connectivity index (χ0n) is 13.1. The molecule has 1 saturated heterocycles. The Kier molecular flexibility index (Phi) is 7.80. The molecule has 1 heterocycles. The topological polar surface area (TPSA) is 36.9 Å². The van der Waals surface area contributed by atoms with E-state index in [1.54, 1.807) is 12.1 Å². The molecule has 5 heteroatoms. The van der Waals surface area contributed by atoms with Crippen LogP contribution in [0.4, 0.5) is 4.39 Å². The molecule has 1 fully saturated rings. The van der Waals surface area contributed by atoms with Crippen molar-refractivity contribution in [1.82, 2.24) is 0 Å². The van der Waals surface area contributed by atoms with Crippen LogP contribution in [0.25, 0.3) is 0 Å². The zero-order chi connectivity index (χ0) is 15.6. The van der Waals surface area contributed by atoms with Gasteiger partial charge in [-0.15, -0.1) is 0 Å². The standard InChI is InChI=1S/C17H25FO4/c1-2-19-9-10-20-12-15-7-8-16(13-22-15)21-11-14-5-3-4-6-17(14)18/h3-6,15-16H,2,7-13H2,1H3. The van der Waals surface area contributed by atoms with Crippen molar-refractivity contribution in [3.8, 4) is 0 Å². The first-order valence-electron chi connectivity index (χ1n) is 7.91. The summed E-state index contributed by atoms with van der Waals surface area (Å²) >= 11 is 0. The van der Waals surface area contributed by atoms with Gasteiger partial charge in [0, 0.05) is 12.2 Å². The summed E-state index contributed by atoms with van der Waals surface area (Å²) in [6, 6.07) is 6.69. The Bertz CT molecular complexity index is 419. The van der Waals surface area contributed by atoms with E-state index < -0.39 is 0 Å². The number of benzene rings is 1. The predicted molar refractivity (Wildman–Crippen MR) is 81.3 cm³/mol. The van der Waals surface area contributed by atoms with E-state index in [0.717, 1.165) is 12.8 Å². The van der Waals surface area contributed by atoms with Crippen LogP contribution in [0.3, 0.4) is 0 Å². The van der Waals surface area contributed by atoms with Gasteiger partial charge < -0.3 is 18.9 Å². The molecule has 1 aromatic rings. The van der Waals surface area contributed by atoms with Crippen molar-refractivity contribution in [2.75, 3.05) is 33.0 Å². The fourth-order valence-electron chi connectivity index (χ4n) is 2.34. The molecule has 1 aliphatic rings. The van der Waals surface area contributed by atoms with Crippen LogP contribution in [0.1, 0.15) is 25.3 Å². The maximum atomic E-state index is 13.5. The first kappa shape index (κ1) is 17.3. The highest BCUT2D eigenvalue weighted by Gasteiger charge is 2.22. The molecule has 2 unspecified atom stereocenters. The quantitative estimate of drug-likeness (QED) is 0.657. The summed E-state index contributed by atoms with van der Waals surface area (Å²) < 4.78 is 35.7. The molecule has 4 nitrogen and oxygen atoms in total. The van der Waals surface area contributed by atoms with Crippen molar-refractivity contribution < 1.29 is 23.3 Å². The van der Waals surface area contributed by atoms with Gasteiger partial charge in [-0.25, -0.2) is 4.39 Å². The first-order valence-corrected chi connectivity index (χ1v) is 7.91. The lowest BCUT2D eigenvalue weighted by Gasteiger charge is -2.29. The van der Waals surface area contributed by atoms with Crippen LogP contribution in [0.5, 0.6) is 0 Å². The van der Waals surface area contributed by atoms with Crippen LogP contribution in [0.15, 0.2) is 24.3 Å². The highest BCUT2D eigenvalue weighted by molar-refractivity contribution is 5.16. The van der Waals surface area contributed by atoms with E-state index in [-0.39, 0.29) is 24.6 Å². The minimum absolute atomic E-state index is 0.0271. The smallest absolute Gasteiger partial charge is 0.128 e. The monoisotopic (exact) mass is 312 g/mol. The normalized spacial score (nSPS) is 21.9. The summed E-state index contributed by atoms with van der Waals surface area (Å²) in [5.74, 6) is -0.222. The van der Waals surface area contributed by atoms with Crippen molar-refractivity contribution in [2.45, 2.75) is 38.6 Å². The number of halogens is 1.